The highest BCUT2D eigenvalue weighted by molar-refractivity contribution is 7.91. The largest absolute Gasteiger partial charge is 0.497 e. The van der Waals surface area contributed by atoms with E-state index in [-0.39, 0.29) is 23.3 Å². The van der Waals surface area contributed by atoms with E-state index in [1.807, 2.05) is 78.9 Å². The highest BCUT2D eigenvalue weighted by Gasteiger charge is 2.50. The van der Waals surface area contributed by atoms with Crippen molar-refractivity contribution in [2.24, 2.45) is 0 Å². The molecule has 0 saturated carbocycles. The molecule has 0 radical (unpaired) electrons. The molecular weight excluding hydrogens is 782 g/mol. The Morgan fingerprint density at radius 2 is 1.40 bits per heavy atom. The molecule has 3 saturated heterocycles. The first-order valence-corrected chi connectivity index (χ1v) is 22.1. The van der Waals surface area contributed by atoms with Crippen molar-refractivity contribution < 1.29 is 36.4 Å². The number of benzene rings is 4. The number of sulfone groups is 1. The summed E-state index contributed by atoms with van der Waals surface area (Å²) in [5.74, 6) is 1.19. The Hall–Kier alpha value is -4.66. The molecule has 15 heteroatoms. The number of nitrogens with one attached hydrogen (secondary N) is 1. The van der Waals surface area contributed by atoms with Crippen molar-refractivity contribution in [3.8, 4) is 11.5 Å². The first-order chi connectivity index (χ1) is 28.2. The SMILES string of the molecule is COc1ccc(C(OC[C@H]2O[C@@H](n3c(=O)cc[nH]c3=O)CC[C@@H]2O[P@@]2O[C@H](CS(=O)(=O)c3ccccc3)[C@@H]3CCCN32)(c2ccccc2)c2ccc(OC)cc2)cc1. The standard InChI is InChI=1S/C43H46N3O10PS/c1-51-33-19-15-31(16-20-33)43(30-10-5-3-6-11-30,32-17-21-34(52-2)22-18-32)53-28-38-37(23-24-41(54-38)46-40(47)25-26-44-42(46)48)55-57-45-27-9-14-36(45)39(56-57)29-58(49,50)35-12-7-4-8-13-35/h3-8,10-13,15-22,25-26,36-39,41H,9,14,23-24,27-29H2,1-2H3,(H,44,48)/t36-,37-,38+,39+,41+,57-/m0/s1. The molecule has 13 nitrogen and oxygen atoms in total. The van der Waals surface area contributed by atoms with Crippen molar-refractivity contribution in [2.75, 3.05) is 33.1 Å². The van der Waals surface area contributed by atoms with E-state index in [2.05, 4.69) is 9.65 Å². The van der Waals surface area contributed by atoms with Gasteiger partial charge in [0.2, 0.25) is 0 Å². The Labute approximate surface area is 338 Å². The van der Waals surface area contributed by atoms with E-state index < -0.39 is 59.8 Å². The molecule has 4 aromatic carbocycles. The maximum Gasteiger partial charge on any atom is 0.330 e. The van der Waals surface area contributed by atoms with Crippen molar-refractivity contribution in [3.05, 3.63) is 159 Å². The van der Waals surface area contributed by atoms with Gasteiger partial charge in [-0.25, -0.2) is 22.4 Å². The molecule has 0 unspecified atom stereocenters. The highest BCUT2D eigenvalue weighted by atomic mass is 32.2. The molecule has 8 rings (SSSR count). The molecule has 1 aromatic heterocycles. The van der Waals surface area contributed by atoms with E-state index >= 15 is 0 Å². The van der Waals surface area contributed by atoms with Gasteiger partial charge in [0.25, 0.3) is 14.1 Å². The topological polar surface area (TPSA) is 148 Å². The summed E-state index contributed by atoms with van der Waals surface area (Å²) in [6.45, 7) is 0.669. The van der Waals surface area contributed by atoms with Crippen molar-refractivity contribution in [1.82, 2.24) is 14.2 Å². The lowest BCUT2D eigenvalue weighted by Gasteiger charge is -2.41. The van der Waals surface area contributed by atoms with Gasteiger partial charge >= 0.3 is 5.69 Å². The summed E-state index contributed by atoms with van der Waals surface area (Å²) < 4.78 is 68.7. The van der Waals surface area contributed by atoms with Crippen molar-refractivity contribution >= 4 is 18.4 Å². The Kier molecular flexibility index (Phi) is 12.0. The first kappa shape index (κ1) is 40.1. The van der Waals surface area contributed by atoms with E-state index in [1.165, 1.54) is 12.3 Å². The predicted octanol–water partition coefficient (Wildman–Crippen LogP) is 6.19. The summed E-state index contributed by atoms with van der Waals surface area (Å²) in [6, 6.07) is 34.8. The van der Waals surface area contributed by atoms with Crippen LogP contribution in [0.4, 0.5) is 0 Å². The van der Waals surface area contributed by atoms with Gasteiger partial charge in [-0.2, -0.15) is 0 Å². The lowest BCUT2D eigenvalue weighted by atomic mass is 9.80. The second-order valence-corrected chi connectivity index (χ2v) is 18.0. The van der Waals surface area contributed by atoms with Gasteiger partial charge in [-0.15, -0.1) is 0 Å². The molecular formula is C43H46N3O10PS. The number of aromatic amines is 1. The van der Waals surface area contributed by atoms with Gasteiger partial charge in [0.05, 0.1) is 43.7 Å². The van der Waals surface area contributed by atoms with Crippen molar-refractivity contribution in [1.29, 1.82) is 0 Å². The van der Waals surface area contributed by atoms with Gasteiger partial charge in [0, 0.05) is 24.8 Å². The minimum atomic E-state index is -3.63. The number of rotatable bonds is 14. The quantitative estimate of drug-likeness (QED) is 0.101. The Morgan fingerprint density at radius 1 is 0.776 bits per heavy atom. The van der Waals surface area contributed by atoms with E-state index in [0.29, 0.717) is 30.9 Å². The summed E-state index contributed by atoms with van der Waals surface area (Å²) in [5.41, 5.74) is 0.212. The van der Waals surface area contributed by atoms with Gasteiger partial charge in [-0.05, 0) is 78.8 Å². The van der Waals surface area contributed by atoms with Crippen LogP contribution in [-0.2, 0) is 34.0 Å². The molecule has 6 atom stereocenters. The van der Waals surface area contributed by atoms with Crippen LogP contribution in [0.1, 0.15) is 48.6 Å². The molecule has 5 aromatic rings. The molecule has 3 fully saturated rings. The van der Waals surface area contributed by atoms with E-state index in [0.717, 1.165) is 34.1 Å². The van der Waals surface area contributed by atoms with Crippen LogP contribution in [-0.4, -0.2) is 80.1 Å². The third kappa shape index (κ3) is 8.02. The Bertz CT molecular complexity index is 2300. The third-order valence-electron chi connectivity index (χ3n) is 11.1. The molecule has 3 aliphatic heterocycles. The van der Waals surface area contributed by atoms with Crippen molar-refractivity contribution in [2.45, 2.75) is 66.8 Å². The Morgan fingerprint density at radius 3 is 2.02 bits per heavy atom. The molecule has 1 N–H and O–H groups in total. The minimum absolute atomic E-state index is 0.0357. The van der Waals surface area contributed by atoms with Gasteiger partial charge in [0.15, 0.2) is 9.84 Å². The lowest BCUT2D eigenvalue weighted by Crippen LogP contribution is -2.48. The summed E-state index contributed by atoms with van der Waals surface area (Å²) in [6.07, 6.45) is 0.796. The number of nitrogens with zero attached hydrogens (tertiary/aromatic N) is 2. The average Bonchev–Trinajstić information content (AvgIpc) is 3.87. The van der Waals surface area contributed by atoms with Gasteiger partial charge in [-0.3, -0.25) is 4.79 Å². The zero-order valence-electron chi connectivity index (χ0n) is 32.2. The fourth-order valence-corrected chi connectivity index (χ4v) is 11.8. The summed E-state index contributed by atoms with van der Waals surface area (Å²) >= 11 is 0. The number of ether oxygens (including phenoxy) is 4. The van der Waals surface area contributed by atoms with Crippen LogP contribution in [0, 0.1) is 0 Å². The predicted molar refractivity (Wildman–Crippen MR) is 218 cm³/mol. The molecule has 0 spiro atoms. The maximum absolute atomic E-state index is 13.5. The van der Waals surface area contributed by atoms with Crippen LogP contribution in [0.25, 0.3) is 0 Å². The lowest BCUT2D eigenvalue weighted by molar-refractivity contribution is -0.175. The van der Waals surface area contributed by atoms with Crippen LogP contribution >= 0.6 is 8.53 Å². The van der Waals surface area contributed by atoms with E-state index in [1.54, 1.807) is 44.6 Å². The number of H-pyrrole nitrogens is 1. The smallest absolute Gasteiger partial charge is 0.330 e. The van der Waals surface area contributed by atoms with Gasteiger partial charge in [0.1, 0.15) is 29.4 Å². The van der Waals surface area contributed by atoms with Crippen LogP contribution in [0.5, 0.6) is 11.5 Å². The molecule has 58 heavy (non-hydrogen) atoms. The number of hydrogen-bond donors (Lipinski definition) is 1. The third-order valence-corrected chi connectivity index (χ3v) is 14.7. The number of fused-ring (bicyclic) bond motifs is 1. The van der Waals surface area contributed by atoms with E-state index in [9.17, 15) is 18.0 Å². The summed E-state index contributed by atoms with van der Waals surface area (Å²) in [7, 11) is -2.09. The van der Waals surface area contributed by atoms with Crippen molar-refractivity contribution in [3.63, 3.8) is 0 Å². The van der Waals surface area contributed by atoms with E-state index in [4.69, 9.17) is 28.0 Å². The zero-order valence-corrected chi connectivity index (χ0v) is 33.9. The van der Waals surface area contributed by atoms with Crippen LogP contribution in [0.3, 0.4) is 0 Å². The molecule has 304 valence electrons. The van der Waals surface area contributed by atoms with Gasteiger partial charge in [-0.1, -0.05) is 72.8 Å². The zero-order chi connectivity index (χ0) is 40.3. The Balaban J connectivity index is 1.14. The normalized spacial score (nSPS) is 23.7. The molecule has 0 amide bonds. The molecule has 3 aliphatic rings. The monoisotopic (exact) mass is 827 g/mol. The minimum Gasteiger partial charge on any atom is -0.497 e. The van der Waals surface area contributed by atoms with Crippen LogP contribution in [0.15, 0.2) is 136 Å². The fraction of sp³-hybridized carbons (Fsp3) is 0.349. The van der Waals surface area contributed by atoms with Gasteiger partial charge < -0.3 is 33.0 Å². The van der Waals surface area contributed by atoms with Crippen LogP contribution in [0.2, 0.25) is 0 Å². The fourth-order valence-electron chi connectivity index (χ4n) is 8.18. The second-order valence-electron chi connectivity index (χ2n) is 14.5. The molecule has 4 heterocycles. The summed E-state index contributed by atoms with van der Waals surface area (Å²) in [4.78, 5) is 29.0. The molecule has 0 bridgehead atoms. The second kappa shape index (κ2) is 17.3. The molecule has 0 aliphatic carbocycles. The maximum atomic E-state index is 13.5. The average molecular weight is 828 g/mol. The number of hydrogen-bond acceptors (Lipinski definition) is 11. The first-order valence-electron chi connectivity index (χ1n) is 19.3. The number of aromatic nitrogens is 2. The number of methoxy groups -OCH3 is 2. The summed E-state index contributed by atoms with van der Waals surface area (Å²) in [5, 5.41) is 0. The van der Waals surface area contributed by atoms with Crippen LogP contribution < -0.4 is 20.7 Å². The highest BCUT2D eigenvalue weighted by Crippen LogP contribution is 2.58.